The summed E-state index contributed by atoms with van der Waals surface area (Å²) < 4.78 is 13.0. The second kappa shape index (κ2) is 8.64. The summed E-state index contributed by atoms with van der Waals surface area (Å²) in [6, 6.07) is 0. The fraction of sp³-hybridized carbons (Fsp3) is 0.722. The fourth-order valence-corrected chi connectivity index (χ4v) is 3.49. The van der Waals surface area contributed by atoms with Crippen LogP contribution in [-0.2, 0) is 21.3 Å². The summed E-state index contributed by atoms with van der Waals surface area (Å²) in [6.45, 7) is 2.92. The number of rotatable bonds is 5. The molecule has 8 nitrogen and oxygen atoms in total. The van der Waals surface area contributed by atoms with Crippen molar-refractivity contribution in [2.75, 3.05) is 44.8 Å². The molecule has 0 N–H and O–H groups in total. The van der Waals surface area contributed by atoms with Crippen molar-refractivity contribution in [2.45, 2.75) is 37.9 Å². The minimum Gasteiger partial charge on any atom is -0.378 e. The van der Waals surface area contributed by atoms with E-state index in [2.05, 4.69) is 4.98 Å². The molecule has 144 valence electrons. The van der Waals surface area contributed by atoms with Gasteiger partial charge in [-0.15, -0.1) is 0 Å². The molecule has 0 saturated carbocycles. The summed E-state index contributed by atoms with van der Waals surface area (Å²) in [5, 5.41) is 0. The van der Waals surface area contributed by atoms with Gasteiger partial charge in [0.25, 0.3) is 5.56 Å². The van der Waals surface area contributed by atoms with E-state index in [9.17, 15) is 9.59 Å². The fourth-order valence-electron chi connectivity index (χ4n) is 3.49. The number of ether oxygens (including phenoxy) is 2. The van der Waals surface area contributed by atoms with Crippen molar-refractivity contribution in [3.63, 3.8) is 0 Å². The van der Waals surface area contributed by atoms with Gasteiger partial charge in [0.2, 0.25) is 5.91 Å². The molecule has 1 amide bonds. The summed E-state index contributed by atoms with van der Waals surface area (Å²) >= 11 is 0. The van der Waals surface area contributed by atoms with Gasteiger partial charge in [-0.1, -0.05) is 0 Å². The van der Waals surface area contributed by atoms with E-state index in [4.69, 9.17) is 9.47 Å². The predicted octanol–water partition coefficient (Wildman–Crippen LogP) is 0.403. The second-order valence-electron chi connectivity index (χ2n) is 7.07. The van der Waals surface area contributed by atoms with E-state index in [1.807, 2.05) is 11.9 Å². The Morgan fingerprint density at radius 3 is 2.88 bits per heavy atom. The van der Waals surface area contributed by atoms with Gasteiger partial charge < -0.3 is 23.8 Å². The van der Waals surface area contributed by atoms with Gasteiger partial charge in [-0.25, -0.2) is 4.98 Å². The van der Waals surface area contributed by atoms with Gasteiger partial charge in [0.05, 0.1) is 25.2 Å². The van der Waals surface area contributed by atoms with E-state index in [1.54, 1.807) is 24.3 Å². The van der Waals surface area contributed by atoms with Crippen molar-refractivity contribution in [3.05, 3.63) is 22.7 Å². The maximum Gasteiger partial charge on any atom is 0.293 e. The van der Waals surface area contributed by atoms with Crippen LogP contribution in [0, 0.1) is 0 Å². The van der Waals surface area contributed by atoms with Gasteiger partial charge in [0.15, 0.2) is 5.82 Å². The number of amides is 1. The summed E-state index contributed by atoms with van der Waals surface area (Å²) in [5.74, 6) is 0.513. The number of morpholine rings is 1. The maximum atomic E-state index is 12.6. The van der Waals surface area contributed by atoms with E-state index < -0.39 is 0 Å². The molecule has 1 aromatic heterocycles. The lowest BCUT2D eigenvalue weighted by Gasteiger charge is -2.36. The van der Waals surface area contributed by atoms with Crippen LogP contribution in [0.15, 0.2) is 17.2 Å². The first-order valence-corrected chi connectivity index (χ1v) is 9.28. The Morgan fingerprint density at radius 2 is 2.12 bits per heavy atom. The molecule has 0 unspecified atom stereocenters. The highest BCUT2D eigenvalue weighted by molar-refractivity contribution is 5.76. The van der Waals surface area contributed by atoms with E-state index in [1.165, 1.54) is 4.57 Å². The summed E-state index contributed by atoms with van der Waals surface area (Å²) in [5.41, 5.74) is -0.145. The standard InChI is InChI=1S/C18H28N4O4/c1-20-7-6-19-17(18(20)24)21(2)12-15-13-22(8-10-26-15)16(23)11-14-5-3-4-9-25-14/h6-7,14-15H,3-5,8-13H2,1-2H3/t14-,15-/m0/s1. The van der Waals surface area contributed by atoms with Gasteiger partial charge in [-0.3, -0.25) is 9.59 Å². The first-order chi connectivity index (χ1) is 12.5. The summed E-state index contributed by atoms with van der Waals surface area (Å²) in [4.78, 5) is 32.6. The Labute approximate surface area is 153 Å². The topological polar surface area (TPSA) is 76.9 Å². The first kappa shape index (κ1) is 18.8. The highest BCUT2D eigenvalue weighted by atomic mass is 16.5. The molecule has 2 saturated heterocycles. The Bertz CT molecular complexity index is 671. The smallest absolute Gasteiger partial charge is 0.293 e. The lowest BCUT2D eigenvalue weighted by molar-refractivity contribution is -0.142. The van der Waals surface area contributed by atoms with Crippen LogP contribution in [0.25, 0.3) is 0 Å². The molecule has 2 fully saturated rings. The number of hydrogen-bond acceptors (Lipinski definition) is 6. The monoisotopic (exact) mass is 364 g/mol. The van der Waals surface area contributed by atoms with Gasteiger partial charge in [0, 0.05) is 52.7 Å². The molecule has 0 bridgehead atoms. The number of aromatic nitrogens is 2. The third kappa shape index (κ3) is 4.62. The lowest BCUT2D eigenvalue weighted by Crippen LogP contribution is -2.50. The van der Waals surface area contributed by atoms with E-state index in [-0.39, 0.29) is 23.7 Å². The normalized spacial score (nSPS) is 23.7. The Balaban J connectivity index is 1.55. The van der Waals surface area contributed by atoms with Crippen LogP contribution in [0.3, 0.4) is 0 Å². The Hall–Kier alpha value is -1.93. The number of anilines is 1. The SMILES string of the molecule is CN(C[C@H]1CN(C(=O)C[C@@H]2CCCCO2)CCO1)c1nccn(C)c1=O. The van der Waals surface area contributed by atoms with Crippen molar-refractivity contribution < 1.29 is 14.3 Å². The Kier molecular flexibility index (Phi) is 6.26. The van der Waals surface area contributed by atoms with Crippen LogP contribution in [-0.4, -0.2) is 72.5 Å². The average Bonchev–Trinajstić information content (AvgIpc) is 2.65. The molecule has 0 radical (unpaired) electrons. The molecule has 8 heteroatoms. The molecule has 3 heterocycles. The minimum absolute atomic E-state index is 0.0526. The summed E-state index contributed by atoms with van der Waals surface area (Å²) in [6.07, 6.45) is 6.78. The number of carbonyl (C=O) groups excluding carboxylic acids is 1. The molecule has 2 aliphatic rings. The molecule has 1 aromatic rings. The average molecular weight is 364 g/mol. The largest absolute Gasteiger partial charge is 0.378 e. The van der Waals surface area contributed by atoms with Crippen molar-refractivity contribution in [2.24, 2.45) is 7.05 Å². The van der Waals surface area contributed by atoms with Gasteiger partial charge in [0.1, 0.15) is 0 Å². The van der Waals surface area contributed by atoms with Crippen molar-refractivity contribution in [1.82, 2.24) is 14.5 Å². The number of aryl methyl sites for hydroxylation is 1. The van der Waals surface area contributed by atoms with Crippen LogP contribution < -0.4 is 10.5 Å². The highest BCUT2D eigenvalue weighted by Crippen LogP contribution is 2.18. The van der Waals surface area contributed by atoms with Gasteiger partial charge in [-0.2, -0.15) is 0 Å². The maximum absolute atomic E-state index is 12.6. The number of likely N-dealkylation sites (N-methyl/N-ethyl adjacent to an activating group) is 1. The molecule has 0 spiro atoms. The van der Waals surface area contributed by atoms with Crippen LogP contribution in [0.5, 0.6) is 0 Å². The Morgan fingerprint density at radius 1 is 1.31 bits per heavy atom. The minimum atomic E-state index is -0.145. The van der Waals surface area contributed by atoms with Crippen LogP contribution >= 0.6 is 0 Å². The number of nitrogens with zero attached hydrogens (tertiary/aromatic N) is 4. The predicted molar refractivity (Wildman–Crippen MR) is 97.3 cm³/mol. The third-order valence-electron chi connectivity index (χ3n) is 5.01. The van der Waals surface area contributed by atoms with Crippen LogP contribution in [0.1, 0.15) is 25.7 Å². The molecular weight excluding hydrogens is 336 g/mol. The first-order valence-electron chi connectivity index (χ1n) is 9.28. The molecule has 3 rings (SSSR count). The van der Waals surface area contributed by atoms with Gasteiger partial charge >= 0.3 is 0 Å². The summed E-state index contributed by atoms with van der Waals surface area (Å²) in [7, 11) is 3.52. The van der Waals surface area contributed by atoms with Crippen LogP contribution in [0.4, 0.5) is 5.82 Å². The zero-order valence-corrected chi connectivity index (χ0v) is 15.6. The second-order valence-corrected chi connectivity index (χ2v) is 7.07. The zero-order valence-electron chi connectivity index (χ0n) is 15.6. The van der Waals surface area contributed by atoms with Crippen molar-refractivity contribution in [1.29, 1.82) is 0 Å². The highest BCUT2D eigenvalue weighted by Gasteiger charge is 2.28. The van der Waals surface area contributed by atoms with E-state index in [0.717, 1.165) is 25.9 Å². The molecule has 0 aliphatic carbocycles. The lowest BCUT2D eigenvalue weighted by atomic mass is 10.1. The zero-order chi connectivity index (χ0) is 18.5. The van der Waals surface area contributed by atoms with E-state index >= 15 is 0 Å². The van der Waals surface area contributed by atoms with E-state index in [0.29, 0.717) is 38.5 Å². The molecule has 0 aromatic carbocycles. The van der Waals surface area contributed by atoms with Crippen LogP contribution in [0.2, 0.25) is 0 Å². The van der Waals surface area contributed by atoms with Crippen molar-refractivity contribution >= 4 is 11.7 Å². The molecule has 2 atom stereocenters. The molecular formula is C18H28N4O4. The van der Waals surface area contributed by atoms with Gasteiger partial charge in [-0.05, 0) is 19.3 Å². The molecule has 2 aliphatic heterocycles. The van der Waals surface area contributed by atoms with Crippen molar-refractivity contribution in [3.8, 4) is 0 Å². The number of carbonyl (C=O) groups is 1. The number of hydrogen-bond donors (Lipinski definition) is 0. The quantitative estimate of drug-likeness (QED) is 0.753. The third-order valence-corrected chi connectivity index (χ3v) is 5.01. The molecule has 26 heavy (non-hydrogen) atoms.